The van der Waals surface area contributed by atoms with E-state index in [1.54, 1.807) is 18.2 Å². The van der Waals surface area contributed by atoms with E-state index in [1.165, 1.54) is 19.2 Å². The lowest BCUT2D eigenvalue weighted by Gasteiger charge is -2.19. The fourth-order valence-corrected chi connectivity index (χ4v) is 3.68. The van der Waals surface area contributed by atoms with E-state index in [2.05, 4.69) is 4.72 Å². The van der Waals surface area contributed by atoms with Gasteiger partial charge in [0.25, 0.3) is 0 Å². The van der Waals surface area contributed by atoms with E-state index in [0.29, 0.717) is 30.3 Å². The number of hydrogen-bond acceptors (Lipinski definition) is 6. The molecule has 0 saturated heterocycles. The Bertz CT molecular complexity index is 940. The normalized spacial score (nSPS) is 13.3. The van der Waals surface area contributed by atoms with Crippen LogP contribution < -0.4 is 18.9 Å². The van der Waals surface area contributed by atoms with E-state index in [-0.39, 0.29) is 22.8 Å². The third kappa shape index (κ3) is 3.73. The van der Waals surface area contributed by atoms with Crippen molar-refractivity contribution in [1.29, 1.82) is 0 Å². The Morgan fingerprint density at radius 2 is 1.88 bits per heavy atom. The number of rotatable bonds is 6. The molecule has 9 heteroatoms. The van der Waals surface area contributed by atoms with Gasteiger partial charge in [-0.2, -0.15) is 0 Å². The van der Waals surface area contributed by atoms with Gasteiger partial charge >= 0.3 is 5.97 Å². The number of carboxylic acid groups (broad SMARTS) is 1. The Labute approximate surface area is 150 Å². The highest BCUT2D eigenvalue weighted by atomic mass is 32.2. The summed E-state index contributed by atoms with van der Waals surface area (Å²) in [5.74, 6) is -0.00213. The minimum absolute atomic E-state index is 0.000569. The number of nitrogens with one attached hydrogen (secondary N) is 1. The highest BCUT2D eigenvalue weighted by Gasteiger charge is 2.22. The van der Waals surface area contributed by atoms with Gasteiger partial charge in [0, 0.05) is 6.54 Å². The van der Waals surface area contributed by atoms with Crippen molar-refractivity contribution in [3.63, 3.8) is 0 Å². The van der Waals surface area contributed by atoms with Crippen molar-refractivity contribution in [2.24, 2.45) is 0 Å². The zero-order valence-electron chi connectivity index (χ0n) is 13.9. The van der Waals surface area contributed by atoms with Crippen LogP contribution in [0.2, 0.25) is 0 Å². The van der Waals surface area contributed by atoms with Crippen molar-refractivity contribution in [1.82, 2.24) is 4.72 Å². The average molecular weight is 379 g/mol. The van der Waals surface area contributed by atoms with E-state index in [1.807, 2.05) is 0 Å². The molecule has 0 radical (unpaired) electrons. The summed E-state index contributed by atoms with van der Waals surface area (Å²) < 4.78 is 43.6. The average Bonchev–Trinajstić information content (AvgIpc) is 2.65. The molecule has 0 saturated carbocycles. The highest BCUT2D eigenvalue weighted by Crippen LogP contribution is 2.31. The molecule has 1 aliphatic heterocycles. The van der Waals surface area contributed by atoms with Crippen molar-refractivity contribution >= 4 is 16.0 Å². The Balaban J connectivity index is 1.83. The van der Waals surface area contributed by atoms with Crippen LogP contribution in [0.5, 0.6) is 17.2 Å². The van der Waals surface area contributed by atoms with Gasteiger partial charge in [0.2, 0.25) is 10.0 Å². The van der Waals surface area contributed by atoms with E-state index < -0.39 is 16.0 Å². The van der Waals surface area contributed by atoms with E-state index in [0.717, 1.165) is 6.07 Å². The minimum atomic E-state index is -3.99. The number of fused-ring (bicyclic) bond motifs is 1. The number of benzene rings is 2. The summed E-state index contributed by atoms with van der Waals surface area (Å²) in [5, 5.41) is 9.08. The summed E-state index contributed by atoms with van der Waals surface area (Å²) in [5.41, 5.74) is 0.525. The molecule has 1 heterocycles. The van der Waals surface area contributed by atoms with Crippen LogP contribution in [0.15, 0.2) is 41.3 Å². The van der Waals surface area contributed by atoms with Crippen LogP contribution in [0.3, 0.4) is 0 Å². The fourth-order valence-electron chi connectivity index (χ4n) is 2.47. The molecule has 1 aliphatic rings. The maximum atomic E-state index is 12.6. The first-order valence-corrected chi connectivity index (χ1v) is 9.18. The second-order valence-corrected chi connectivity index (χ2v) is 7.21. The van der Waals surface area contributed by atoms with Crippen LogP contribution in [0.1, 0.15) is 15.9 Å². The first-order chi connectivity index (χ1) is 12.4. The molecule has 0 amide bonds. The van der Waals surface area contributed by atoms with Crippen molar-refractivity contribution in [2.45, 2.75) is 11.4 Å². The fraction of sp³-hybridized carbons (Fsp3) is 0.235. The number of aromatic carboxylic acids is 1. The zero-order chi connectivity index (χ0) is 18.7. The third-order valence-corrected chi connectivity index (χ3v) is 5.20. The second-order valence-electron chi connectivity index (χ2n) is 5.47. The van der Waals surface area contributed by atoms with Gasteiger partial charge in [0.1, 0.15) is 23.9 Å². The number of hydrogen-bond donors (Lipinski definition) is 2. The van der Waals surface area contributed by atoms with Crippen LogP contribution in [0, 0.1) is 0 Å². The molecule has 2 aromatic carbocycles. The first kappa shape index (κ1) is 18.0. The minimum Gasteiger partial charge on any atom is -0.495 e. The van der Waals surface area contributed by atoms with Crippen LogP contribution in [-0.2, 0) is 16.6 Å². The highest BCUT2D eigenvalue weighted by molar-refractivity contribution is 7.89. The Morgan fingerprint density at radius 1 is 1.15 bits per heavy atom. The standard InChI is InChI=1S/C17H17NO7S/c1-23-14-5-3-12(17(19)20)9-16(14)26(21,22)18-10-11-2-4-13-15(8-11)25-7-6-24-13/h2-5,8-9,18H,6-7,10H2,1H3,(H,19,20). The molecule has 0 aromatic heterocycles. The SMILES string of the molecule is COc1ccc(C(=O)O)cc1S(=O)(=O)NCc1ccc2c(c1)OCCO2. The topological polar surface area (TPSA) is 111 Å². The first-order valence-electron chi connectivity index (χ1n) is 7.70. The predicted octanol–water partition coefficient (Wildman–Crippen LogP) is 1.64. The van der Waals surface area contributed by atoms with E-state index in [4.69, 9.17) is 19.3 Å². The number of sulfonamides is 1. The molecule has 8 nitrogen and oxygen atoms in total. The van der Waals surface area contributed by atoms with Crippen LogP contribution in [0.4, 0.5) is 0 Å². The molecule has 3 rings (SSSR count). The molecule has 138 valence electrons. The quantitative estimate of drug-likeness (QED) is 0.785. The summed E-state index contributed by atoms with van der Waals surface area (Å²) in [6, 6.07) is 8.78. The molecule has 0 aliphatic carbocycles. The third-order valence-electron chi connectivity index (χ3n) is 3.77. The second kappa shape index (κ2) is 7.22. The van der Waals surface area contributed by atoms with Gasteiger partial charge in [-0.3, -0.25) is 0 Å². The summed E-state index contributed by atoms with van der Waals surface area (Å²) in [6.07, 6.45) is 0. The number of carboxylic acids is 1. The lowest BCUT2D eigenvalue weighted by atomic mass is 10.2. The molecule has 2 N–H and O–H groups in total. The summed E-state index contributed by atoms with van der Waals surface area (Å²) in [4.78, 5) is 10.9. The van der Waals surface area contributed by atoms with Gasteiger partial charge in [0.15, 0.2) is 11.5 Å². The van der Waals surface area contributed by atoms with Crippen molar-refractivity contribution in [2.75, 3.05) is 20.3 Å². The van der Waals surface area contributed by atoms with Crippen molar-refractivity contribution in [3.8, 4) is 17.2 Å². The Morgan fingerprint density at radius 3 is 2.58 bits per heavy atom. The molecule has 0 bridgehead atoms. The van der Waals surface area contributed by atoms with Crippen molar-refractivity contribution < 1.29 is 32.5 Å². The zero-order valence-corrected chi connectivity index (χ0v) is 14.7. The van der Waals surface area contributed by atoms with Gasteiger partial charge in [-0.05, 0) is 35.9 Å². The lowest BCUT2D eigenvalue weighted by molar-refractivity contribution is 0.0696. The molecule has 0 unspecified atom stereocenters. The van der Waals surface area contributed by atoms with Crippen molar-refractivity contribution in [3.05, 3.63) is 47.5 Å². The monoisotopic (exact) mass is 379 g/mol. The van der Waals surface area contributed by atoms with Crippen LogP contribution in [0.25, 0.3) is 0 Å². The smallest absolute Gasteiger partial charge is 0.335 e. The lowest BCUT2D eigenvalue weighted by Crippen LogP contribution is -2.24. The Hall–Kier alpha value is -2.78. The molecular formula is C17H17NO7S. The summed E-state index contributed by atoms with van der Waals surface area (Å²) in [6.45, 7) is 0.902. The van der Waals surface area contributed by atoms with Gasteiger partial charge in [-0.15, -0.1) is 0 Å². The maximum absolute atomic E-state index is 12.6. The molecule has 0 fully saturated rings. The summed E-state index contributed by atoms with van der Waals surface area (Å²) in [7, 11) is -2.67. The number of carbonyl (C=O) groups is 1. The van der Waals surface area contributed by atoms with Gasteiger partial charge < -0.3 is 19.3 Å². The summed E-state index contributed by atoms with van der Waals surface area (Å²) >= 11 is 0. The van der Waals surface area contributed by atoms with E-state index >= 15 is 0 Å². The van der Waals surface area contributed by atoms with Crippen LogP contribution >= 0.6 is 0 Å². The largest absolute Gasteiger partial charge is 0.495 e. The van der Waals surface area contributed by atoms with Gasteiger partial charge in [-0.1, -0.05) is 6.07 Å². The molecular weight excluding hydrogens is 362 g/mol. The van der Waals surface area contributed by atoms with Gasteiger partial charge in [-0.25, -0.2) is 17.9 Å². The molecule has 0 spiro atoms. The molecule has 0 atom stereocenters. The van der Waals surface area contributed by atoms with E-state index in [9.17, 15) is 13.2 Å². The van der Waals surface area contributed by atoms with Crippen LogP contribution in [-0.4, -0.2) is 39.8 Å². The maximum Gasteiger partial charge on any atom is 0.335 e. The predicted molar refractivity (Wildman–Crippen MR) is 91.4 cm³/mol. The number of methoxy groups -OCH3 is 1. The van der Waals surface area contributed by atoms with Gasteiger partial charge in [0.05, 0.1) is 12.7 Å². The Kier molecular flexibility index (Phi) is 5.01. The molecule has 26 heavy (non-hydrogen) atoms. The number of ether oxygens (including phenoxy) is 3. The molecule has 2 aromatic rings.